The summed E-state index contributed by atoms with van der Waals surface area (Å²) in [7, 11) is 0. The maximum Gasteiger partial charge on any atom is 0.0802 e. The molecule has 2 heteroatoms. The first-order chi connectivity index (χ1) is 15.9. The van der Waals surface area contributed by atoms with Crippen molar-refractivity contribution >= 4 is 43.2 Å². The quantitative estimate of drug-likeness (QED) is 0.231. The van der Waals surface area contributed by atoms with Gasteiger partial charge in [-0.3, -0.25) is 9.97 Å². The average Bonchev–Trinajstić information content (AvgIpc) is 2.84. The number of hydrogen-bond donors (Lipinski definition) is 0. The molecule has 0 atom stereocenters. The molecule has 0 fully saturated rings. The van der Waals surface area contributed by atoms with Gasteiger partial charge in [-0.1, -0.05) is 62.4 Å². The van der Waals surface area contributed by atoms with Gasteiger partial charge in [-0.15, -0.1) is 0 Å². The van der Waals surface area contributed by atoms with Gasteiger partial charge in [0.2, 0.25) is 0 Å². The van der Waals surface area contributed by atoms with Gasteiger partial charge in [0.25, 0.3) is 0 Å². The maximum absolute atomic E-state index is 5.32. The fourth-order valence-corrected chi connectivity index (χ4v) is 5.83. The van der Waals surface area contributed by atoms with Gasteiger partial charge >= 0.3 is 0 Å². The summed E-state index contributed by atoms with van der Waals surface area (Å²) in [6, 6.07) is 24.5. The first-order valence-corrected chi connectivity index (χ1v) is 11.6. The number of rotatable bonds is 0. The van der Waals surface area contributed by atoms with Crippen LogP contribution in [0.5, 0.6) is 0 Å². The van der Waals surface area contributed by atoms with Crippen LogP contribution in [-0.4, -0.2) is 9.97 Å². The van der Waals surface area contributed by atoms with E-state index in [0.717, 1.165) is 22.5 Å². The highest BCUT2D eigenvalue weighted by molar-refractivity contribution is 6.21. The zero-order valence-electron chi connectivity index (χ0n) is 19.3. The van der Waals surface area contributed by atoms with Crippen molar-refractivity contribution in [1.82, 2.24) is 9.97 Å². The largest absolute Gasteiger partial charge is 0.256 e. The summed E-state index contributed by atoms with van der Waals surface area (Å²) < 4.78 is 0. The first-order valence-electron chi connectivity index (χ1n) is 11.6. The molecule has 1 aliphatic carbocycles. The Bertz CT molecular complexity index is 1810. The zero-order chi connectivity index (χ0) is 22.5. The fraction of sp³-hybridized carbons (Fsp3) is 0.161. The third kappa shape index (κ3) is 2.33. The van der Waals surface area contributed by atoms with E-state index in [2.05, 4.69) is 94.4 Å². The lowest BCUT2D eigenvalue weighted by Crippen LogP contribution is -2.26. The van der Waals surface area contributed by atoms with Crippen LogP contribution in [-0.2, 0) is 5.41 Å². The predicted molar refractivity (Wildman–Crippen MR) is 139 cm³/mol. The van der Waals surface area contributed by atoms with Crippen LogP contribution in [0.4, 0.5) is 0 Å². The summed E-state index contributed by atoms with van der Waals surface area (Å²) in [6.45, 7) is 8.98. The Morgan fingerprint density at radius 1 is 0.727 bits per heavy atom. The normalized spacial score (nSPS) is 14.3. The molecule has 0 radical (unpaired) electrons. The van der Waals surface area contributed by atoms with Crippen molar-refractivity contribution in [2.75, 3.05) is 0 Å². The predicted octanol–water partition coefficient (Wildman–Crippen LogP) is 8.01. The molecule has 2 heterocycles. The number of benzene rings is 4. The van der Waals surface area contributed by atoms with Gasteiger partial charge < -0.3 is 0 Å². The molecule has 0 bridgehead atoms. The molecule has 2 nitrogen and oxygen atoms in total. The van der Waals surface area contributed by atoms with Gasteiger partial charge in [0.1, 0.15) is 0 Å². The molecule has 6 aromatic rings. The van der Waals surface area contributed by atoms with Crippen LogP contribution in [0.25, 0.3) is 54.5 Å². The summed E-state index contributed by atoms with van der Waals surface area (Å²) in [5, 5.41) is 8.88. The van der Waals surface area contributed by atoms with Crippen molar-refractivity contribution in [3.63, 3.8) is 0 Å². The van der Waals surface area contributed by atoms with E-state index in [-0.39, 0.29) is 5.41 Å². The van der Waals surface area contributed by atoms with E-state index in [0.29, 0.717) is 0 Å². The Balaban J connectivity index is 1.70. The molecule has 4 aromatic carbocycles. The van der Waals surface area contributed by atoms with Crippen molar-refractivity contribution in [3.05, 3.63) is 95.3 Å². The average molecular weight is 425 g/mol. The van der Waals surface area contributed by atoms with E-state index < -0.39 is 0 Å². The molecule has 7 rings (SSSR count). The Morgan fingerprint density at radius 2 is 1.55 bits per heavy atom. The molecular weight excluding hydrogens is 400 g/mol. The highest BCUT2D eigenvalue weighted by Gasteiger charge is 2.36. The van der Waals surface area contributed by atoms with E-state index in [4.69, 9.17) is 9.97 Å². The number of fused-ring (bicyclic) bond motifs is 7. The first kappa shape index (κ1) is 18.8. The van der Waals surface area contributed by atoms with Crippen molar-refractivity contribution in [3.8, 4) is 11.3 Å². The number of pyridine rings is 2. The van der Waals surface area contributed by atoms with Gasteiger partial charge in [0.05, 0.1) is 16.9 Å². The minimum atomic E-state index is -0.237. The molecular formula is C31H24N2. The van der Waals surface area contributed by atoms with Crippen LogP contribution in [0.2, 0.25) is 0 Å². The lowest BCUT2D eigenvalue weighted by molar-refractivity contribution is 0.623. The van der Waals surface area contributed by atoms with Gasteiger partial charge in [-0.05, 0) is 75.7 Å². The van der Waals surface area contributed by atoms with Gasteiger partial charge in [0, 0.05) is 27.9 Å². The second-order valence-electron chi connectivity index (χ2n) is 9.98. The van der Waals surface area contributed by atoms with E-state index in [1.165, 1.54) is 54.4 Å². The molecule has 158 valence electrons. The van der Waals surface area contributed by atoms with Crippen LogP contribution >= 0.6 is 0 Å². The minimum Gasteiger partial charge on any atom is -0.256 e. The van der Waals surface area contributed by atoms with E-state index >= 15 is 0 Å². The summed E-state index contributed by atoms with van der Waals surface area (Å²) >= 11 is 0. The number of nitrogens with zero attached hydrogens (tertiary/aromatic N) is 2. The van der Waals surface area contributed by atoms with Gasteiger partial charge in [-0.2, -0.15) is 0 Å². The van der Waals surface area contributed by atoms with Crippen LogP contribution in [0.15, 0.2) is 72.9 Å². The maximum atomic E-state index is 5.32. The Hall–Kier alpha value is -3.78. The molecule has 2 aromatic heterocycles. The minimum absolute atomic E-state index is 0.237. The zero-order valence-corrected chi connectivity index (χ0v) is 19.3. The van der Waals surface area contributed by atoms with Gasteiger partial charge in [-0.25, -0.2) is 0 Å². The Kier molecular flexibility index (Phi) is 3.51. The molecule has 0 saturated carbocycles. The van der Waals surface area contributed by atoms with Crippen LogP contribution in [0.1, 0.15) is 36.2 Å². The molecule has 0 spiro atoms. The smallest absolute Gasteiger partial charge is 0.0802 e. The fourth-order valence-electron chi connectivity index (χ4n) is 5.83. The monoisotopic (exact) mass is 424 g/mol. The Labute approximate surface area is 192 Å². The van der Waals surface area contributed by atoms with Crippen LogP contribution in [0.3, 0.4) is 0 Å². The Morgan fingerprint density at radius 3 is 2.42 bits per heavy atom. The van der Waals surface area contributed by atoms with Gasteiger partial charge in [0.15, 0.2) is 0 Å². The SMILES string of the molecule is Cc1ccc2cc3c(nc2c1C)C(C)(C)c1cc2c4ccccc4ccc2c2ccnc-3c12. The van der Waals surface area contributed by atoms with E-state index in [9.17, 15) is 0 Å². The number of hydrogen-bond acceptors (Lipinski definition) is 2. The second kappa shape index (κ2) is 6.17. The molecule has 0 aliphatic heterocycles. The topological polar surface area (TPSA) is 25.8 Å². The summed E-state index contributed by atoms with van der Waals surface area (Å²) in [4.78, 5) is 10.2. The van der Waals surface area contributed by atoms with Crippen molar-refractivity contribution in [1.29, 1.82) is 0 Å². The molecule has 0 amide bonds. The van der Waals surface area contributed by atoms with Crippen LogP contribution in [0, 0.1) is 13.8 Å². The second-order valence-corrected chi connectivity index (χ2v) is 9.98. The molecule has 1 aliphatic rings. The summed E-state index contributed by atoms with van der Waals surface area (Å²) in [6.07, 6.45) is 1.96. The molecule has 0 saturated heterocycles. The van der Waals surface area contributed by atoms with E-state index in [1.807, 2.05) is 6.20 Å². The lowest BCUT2D eigenvalue weighted by Gasteiger charge is -2.34. The summed E-state index contributed by atoms with van der Waals surface area (Å²) in [5.74, 6) is 0. The van der Waals surface area contributed by atoms with E-state index in [1.54, 1.807) is 0 Å². The summed E-state index contributed by atoms with van der Waals surface area (Å²) in [5.41, 5.74) is 8.05. The third-order valence-electron chi connectivity index (χ3n) is 7.80. The third-order valence-corrected chi connectivity index (χ3v) is 7.80. The van der Waals surface area contributed by atoms with Crippen LogP contribution < -0.4 is 0 Å². The van der Waals surface area contributed by atoms with Crippen molar-refractivity contribution < 1.29 is 0 Å². The molecule has 0 N–H and O–H groups in total. The highest BCUT2D eigenvalue weighted by Crippen LogP contribution is 2.50. The van der Waals surface area contributed by atoms with Crippen molar-refractivity contribution in [2.45, 2.75) is 33.1 Å². The number of aromatic nitrogens is 2. The number of aryl methyl sites for hydroxylation is 2. The highest BCUT2D eigenvalue weighted by atomic mass is 14.8. The lowest BCUT2D eigenvalue weighted by atomic mass is 9.71. The molecule has 0 unspecified atom stereocenters. The van der Waals surface area contributed by atoms with Crippen molar-refractivity contribution in [2.24, 2.45) is 0 Å². The molecule has 33 heavy (non-hydrogen) atoms. The standard InChI is InChI=1S/C31H24N2/c1-17-9-10-20-15-25-29-27-23(13-14-32-29)22-12-11-19-7-5-6-8-21(19)24(22)16-26(27)31(3,4)30(25)33-28(20)18(17)2/h5-16H,1-4H3.